The molecule has 4 nitrogen and oxygen atoms in total. The molecule has 1 aliphatic heterocycles. The van der Waals surface area contributed by atoms with Gasteiger partial charge in [-0.3, -0.25) is 0 Å². The highest BCUT2D eigenvalue weighted by atomic mass is 16.5. The summed E-state index contributed by atoms with van der Waals surface area (Å²) in [5.74, 6) is 1.79. The number of ether oxygens (including phenoxy) is 1. The Hall–Kier alpha value is -1.39. The molecule has 1 aromatic carbocycles. The first kappa shape index (κ1) is 12.6. The van der Waals surface area contributed by atoms with Crippen LogP contribution in [0, 0.1) is 5.92 Å². The van der Waals surface area contributed by atoms with E-state index < -0.39 is 0 Å². The van der Waals surface area contributed by atoms with Gasteiger partial charge >= 0.3 is 0 Å². The lowest BCUT2D eigenvalue weighted by Gasteiger charge is -2.10. The predicted molar refractivity (Wildman–Crippen MR) is 76.0 cm³/mol. The highest BCUT2D eigenvalue weighted by Crippen LogP contribution is 2.16. The van der Waals surface area contributed by atoms with Crippen molar-refractivity contribution >= 4 is 11.0 Å². The summed E-state index contributed by atoms with van der Waals surface area (Å²) in [7, 11) is 0. The number of para-hydroxylation sites is 2. The van der Waals surface area contributed by atoms with Crippen LogP contribution >= 0.6 is 0 Å². The fraction of sp³-hybridized carbons (Fsp3) is 0.533. The van der Waals surface area contributed by atoms with Crippen molar-refractivity contribution in [1.29, 1.82) is 0 Å². The Bertz CT molecular complexity index is 543. The largest absolute Gasteiger partial charge is 0.381 e. The van der Waals surface area contributed by atoms with E-state index in [-0.39, 0.29) is 0 Å². The Labute approximate surface area is 113 Å². The van der Waals surface area contributed by atoms with E-state index in [1.807, 2.05) is 6.07 Å². The molecule has 102 valence electrons. The maximum absolute atomic E-state index is 5.39. The van der Waals surface area contributed by atoms with Crippen molar-refractivity contribution in [2.45, 2.75) is 26.4 Å². The smallest absolute Gasteiger partial charge is 0.123 e. The van der Waals surface area contributed by atoms with Gasteiger partial charge in [-0.25, -0.2) is 4.98 Å². The number of hydrogen-bond donors (Lipinski definition) is 1. The summed E-state index contributed by atoms with van der Waals surface area (Å²) in [5, 5.41) is 3.52. The molecule has 0 bridgehead atoms. The third-order valence-corrected chi connectivity index (χ3v) is 3.79. The van der Waals surface area contributed by atoms with Gasteiger partial charge in [-0.05, 0) is 31.4 Å². The van der Waals surface area contributed by atoms with Crippen LogP contribution < -0.4 is 5.32 Å². The molecule has 0 spiro atoms. The van der Waals surface area contributed by atoms with Crippen LogP contribution in [0.2, 0.25) is 0 Å². The van der Waals surface area contributed by atoms with Crippen LogP contribution in [-0.2, 0) is 17.8 Å². The summed E-state index contributed by atoms with van der Waals surface area (Å²) in [5.41, 5.74) is 2.32. The second-order valence-corrected chi connectivity index (χ2v) is 5.12. The van der Waals surface area contributed by atoms with E-state index in [0.29, 0.717) is 5.92 Å². The molecule has 2 heterocycles. The summed E-state index contributed by atoms with van der Waals surface area (Å²) in [6.45, 7) is 6.80. The van der Waals surface area contributed by atoms with Gasteiger partial charge in [-0.1, -0.05) is 12.1 Å². The minimum Gasteiger partial charge on any atom is -0.381 e. The number of fused-ring (bicyclic) bond motifs is 1. The first-order valence-corrected chi connectivity index (χ1v) is 7.11. The first-order chi connectivity index (χ1) is 9.38. The van der Waals surface area contributed by atoms with Crippen molar-refractivity contribution in [3.05, 3.63) is 30.1 Å². The molecule has 0 aliphatic carbocycles. The lowest BCUT2D eigenvalue weighted by atomic mass is 10.1. The van der Waals surface area contributed by atoms with Gasteiger partial charge in [0.05, 0.1) is 24.2 Å². The van der Waals surface area contributed by atoms with Crippen molar-refractivity contribution in [2.24, 2.45) is 5.92 Å². The zero-order valence-corrected chi connectivity index (χ0v) is 11.4. The molecule has 1 atom stereocenters. The van der Waals surface area contributed by atoms with Gasteiger partial charge < -0.3 is 14.6 Å². The Morgan fingerprint density at radius 2 is 2.32 bits per heavy atom. The van der Waals surface area contributed by atoms with Crippen molar-refractivity contribution in [3.63, 3.8) is 0 Å². The Morgan fingerprint density at radius 3 is 3.11 bits per heavy atom. The lowest BCUT2D eigenvalue weighted by molar-refractivity contribution is 0.185. The normalized spacial score (nSPS) is 19.3. The molecule has 1 unspecified atom stereocenters. The molecule has 1 fully saturated rings. The second-order valence-electron chi connectivity index (χ2n) is 5.12. The predicted octanol–water partition coefficient (Wildman–Crippen LogP) is 2.18. The third kappa shape index (κ3) is 2.65. The highest BCUT2D eigenvalue weighted by Gasteiger charge is 2.15. The molecule has 1 aromatic heterocycles. The van der Waals surface area contributed by atoms with Crippen molar-refractivity contribution in [2.75, 3.05) is 19.8 Å². The quantitative estimate of drug-likeness (QED) is 0.894. The van der Waals surface area contributed by atoms with Crippen LogP contribution in [0.15, 0.2) is 24.3 Å². The number of aromatic nitrogens is 2. The molecular formula is C15H21N3O. The molecule has 1 saturated heterocycles. The zero-order chi connectivity index (χ0) is 13.1. The van der Waals surface area contributed by atoms with E-state index in [0.717, 1.165) is 44.2 Å². The number of aryl methyl sites for hydroxylation is 1. The molecule has 0 amide bonds. The van der Waals surface area contributed by atoms with Gasteiger partial charge in [-0.2, -0.15) is 0 Å². The van der Waals surface area contributed by atoms with Gasteiger partial charge in [0.15, 0.2) is 0 Å². The number of benzene rings is 1. The SMILES string of the molecule is CCn1c(CNCC2CCOC2)nc2ccccc21. The summed E-state index contributed by atoms with van der Waals surface area (Å²) in [6, 6.07) is 8.33. The first-order valence-electron chi connectivity index (χ1n) is 7.11. The fourth-order valence-corrected chi connectivity index (χ4v) is 2.75. The van der Waals surface area contributed by atoms with E-state index in [2.05, 4.69) is 35.0 Å². The van der Waals surface area contributed by atoms with Gasteiger partial charge in [0, 0.05) is 19.7 Å². The van der Waals surface area contributed by atoms with Crippen LogP contribution in [0.5, 0.6) is 0 Å². The molecule has 0 saturated carbocycles. The number of nitrogens with one attached hydrogen (secondary N) is 1. The summed E-state index contributed by atoms with van der Waals surface area (Å²) >= 11 is 0. The van der Waals surface area contributed by atoms with Gasteiger partial charge in [0.25, 0.3) is 0 Å². The molecular weight excluding hydrogens is 238 g/mol. The molecule has 3 rings (SSSR count). The van der Waals surface area contributed by atoms with E-state index in [9.17, 15) is 0 Å². The lowest BCUT2D eigenvalue weighted by Crippen LogP contribution is -2.24. The number of imidazole rings is 1. The van der Waals surface area contributed by atoms with E-state index in [1.165, 1.54) is 11.9 Å². The zero-order valence-electron chi connectivity index (χ0n) is 11.4. The monoisotopic (exact) mass is 259 g/mol. The van der Waals surface area contributed by atoms with Crippen molar-refractivity contribution in [3.8, 4) is 0 Å². The van der Waals surface area contributed by atoms with Crippen LogP contribution in [0.3, 0.4) is 0 Å². The summed E-state index contributed by atoms with van der Waals surface area (Å²) < 4.78 is 7.68. The van der Waals surface area contributed by atoms with Crippen molar-refractivity contribution < 1.29 is 4.74 Å². The molecule has 1 N–H and O–H groups in total. The number of hydrogen-bond acceptors (Lipinski definition) is 3. The van der Waals surface area contributed by atoms with Gasteiger partial charge in [0.1, 0.15) is 5.82 Å². The van der Waals surface area contributed by atoms with Gasteiger partial charge in [-0.15, -0.1) is 0 Å². The molecule has 1 aliphatic rings. The Balaban J connectivity index is 1.69. The summed E-state index contributed by atoms with van der Waals surface area (Å²) in [6.07, 6.45) is 1.18. The molecule has 4 heteroatoms. The van der Waals surface area contributed by atoms with Crippen LogP contribution in [0.25, 0.3) is 11.0 Å². The maximum atomic E-state index is 5.39. The summed E-state index contributed by atoms with van der Waals surface area (Å²) in [4.78, 5) is 4.72. The van der Waals surface area contributed by atoms with E-state index in [1.54, 1.807) is 0 Å². The molecule has 19 heavy (non-hydrogen) atoms. The average Bonchev–Trinajstić information content (AvgIpc) is 3.05. The second kappa shape index (κ2) is 5.72. The van der Waals surface area contributed by atoms with Crippen LogP contribution in [0.1, 0.15) is 19.2 Å². The minimum atomic E-state index is 0.666. The topological polar surface area (TPSA) is 39.1 Å². The fourth-order valence-electron chi connectivity index (χ4n) is 2.75. The molecule has 0 radical (unpaired) electrons. The Kier molecular flexibility index (Phi) is 3.80. The van der Waals surface area contributed by atoms with Gasteiger partial charge in [0.2, 0.25) is 0 Å². The standard InChI is InChI=1S/C15H21N3O/c1-2-18-14-6-4-3-5-13(14)17-15(18)10-16-9-12-7-8-19-11-12/h3-6,12,16H,2,7-11H2,1H3. The minimum absolute atomic E-state index is 0.666. The average molecular weight is 259 g/mol. The number of nitrogens with zero attached hydrogens (tertiary/aromatic N) is 2. The molecule has 2 aromatic rings. The third-order valence-electron chi connectivity index (χ3n) is 3.79. The van der Waals surface area contributed by atoms with Crippen LogP contribution in [0.4, 0.5) is 0 Å². The van der Waals surface area contributed by atoms with Crippen molar-refractivity contribution in [1.82, 2.24) is 14.9 Å². The van der Waals surface area contributed by atoms with Crippen LogP contribution in [-0.4, -0.2) is 29.3 Å². The maximum Gasteiger partial charge on any atom is 0.123 e. The number of rotatable bonds is 5. The van der Waals surface area contributed by atoms with E-state index >= 15 is 0 Å². The Morgan fingerprint density at radius 1 is 1.42 bits per heavy atom. The highest BCUT2D eigenvalue weighted by molar-refractivity contribution is 5.75. The van der Waals surface area contributed by atoms with E-state index in [4.69, 9.17) is 9.72 Å².